The third kappa shape index (κ3) is 4.59. The zero-order valence-corrected chi connectivity index (χ0v) is 25.5. The Hall–Kier alpha value is -4.35. The summed E-state index contributed by atoms with van der Waals surface area (Å²) in [5.74, 6) is -2.61. The molecule has 234 valence electrons. The molecule has 1 aromatic heterocycles. The van der Waals surface area contributed by atoms with Crippen LogP contribution in [0, 0.1) is 11.8 Å². The number of amides is 3. The zero-order valence-electron chi connectivity index (χ0n) is 25.5. The average molecular weight is 611 g/mol. The highest BCUT2D eigenvalue weighted by Crippen LogP contribution is 2.58. The summed E-state index contributed by atoms with van der Waals surface area (Å²) < 4.78 is 8.61. The molecule has 0 aliphatic carbocycles. The summed E-state index contributed by atoms with van der Waals surface area (Å²) in [4.78, 5) is 48.8. The van der Waals surface area contributed by atoms with Crippen molar-refractivity contribution >= 4 is 28.8 Å². The second kappa shape index (κ2) is 11.2. The molecular weight excluding hydrogens is 572 g/mol. The van der Waals surface area contributed by atoms with E-state index in [1.54, 1.807) is 14.5 Å². The van der Waals surface area contributed by atoms with Gasteiger partial charge in [-0.25, -0.2) is 4.68 Å². The van der Waals surface area contributed by atoms with Gasteiger partial charge in [0.05, 0.1) is 35.6 Å². The van der Waals surface area contributed by atoms with Crippen LogP contribution in [-0.4, -0.2) is 102 Å². The van der Waals surface area contributed by atoms with E-state index >= 15 is 0 Å². The molecule has 3 amide bonds. The topological polar surface area (TPSA) is 121 Å². The maximum absolute atomic E-state index is 14.8. The molecule has 3 aromatic rings. The molecule has 7 rings (SSSR count). The SMILES string of the molecule is CCCN1CC=C[C@@]2(C)O[C@]34C=CCN(Cn5nnc6ccccc65)C(=O)C3N([C@@H](CO)Cc3ccccc3)C(=O)[C@@H]4[C@H]2C1=O. The fraction of sp³-hybridized carbons (Fsp3) is 0.441. The first-order chi connectivity index (χ1) is 21.8. The number of nitrogens with zero attached hydrogens (tertiary/aromatic N) is 6. The Bertz CT molecular complexity index is 1690. The third-order valence-electron chi connectivity index (χ3n) is 9.80. The van der Waals surface area contributed by atoms with Crippen molar-refractivity contribution in [3.63, 3.8) is 0 Å². The van der Waals surface area contributed by atoms with E-state index in [-0.39, 0.29) is 37.5 Å². The molecule has 0 bridgehead atoms. The fourth-order valence-electron chi connectivity index (χ4n) is 7.87. The Morgan fingerprint density at radius 1 is 0.933 bits per heavy atom. The highest BCUT2D eigenvalue weighted by molar-refractivity contribution is 6.00. The number of carbonyl (C=O) groups excluding carboxylic acids is 3. The molecule has 11 nitrogen and oxygen atoms in total. The van der Waals surface area contributed by atoms with Crippen molar-refractivity contribution in [1.82, 2.24) is 29.7 Å². The normalized spacial score (nSPS) is 30.0. The minimum Gasteiger partial charge on any atom is -0.394 e. The number of likely N-dealkylation sites (tertiary alicyclic amines) is 1. The largest absolute Gasteiger partial charge is 0.394 e. The van der Waals surface area contributed by atoms with E-state index in [1.165, 1.54) is 4.90 Å². The number of carbonyl (C=O) groups is 3. The van der Waals surface area contributed by atoms with Gasteiger partial charge in [-0.15, -0.1) is 5.10 Å². The molecule has 6 atom stereocenters. The van der Waals surface area contributed by atoms with Crippen molar-refractivity contribution in [3.05, 3.63) is 84.5 Å². The first kappa shape index (κ1) is 29.4. The summed E-state index contributed by atoms with van der Waals surface area (Å²) in [6, 6.07) is 15.3. The highest BCUT2D eigenvalue weighted by atomic mass is 16.5. The first-order valence-corrected chi connectivity index (χ1v) is 15.7. The van der Waals surface area contributed by atoms with Gasteiger partial charge in [-0.2, -0.15) is 0 Å². The summed E-state index contributed by atoms with van der Waals surface area (Å²) in [6.07, 6.45) is 8.63. The van der Waals surface area contributed by atoms with Gasteiger partial charge in [-0.05, 0) is 37.5 Å². The number of para-hydroxylation sites is 1. The molecule has 1 N–H and O–H groups in total. The van der Waals surface area contributed by atoms with Crippen LogP contribution in [0.2, 0.25) is 0 Å². The van der Waals surface area contributed by atoms with E-state index in [4.69, 9.17) is 4.74 Å². The van der Waals surface area contributed by atoms with Gasteiger partial charge >= 0.3 is 0 Å². The second-order valence-corrected chi connectivity index (χ2v) is 12.6. The summed E-state index contributed by atoms with van der Waals surface area (Å²) in [5, 5.41) is 19.3. The molecule has 2 saturated heterocycles. The number of fused-ring (bicyclic) bond motifs is 3. The van der Waals surface area contributed by atoms with Crippen LogP contribution >= 0.6 is 0 Å². The number of hydrogen-bond acceptors (Lipinski definition) is 7. The summed E-state index contributed by atoms with van der Waals surface area (Å²) in [6.45, 7) is 4.85. The first-order valence-electron chi connectivity index (χ1n) is 15.7. The van der Waals surface area contributed by atoms with Gasteiger partial charge in [0.1, 0.15) is 23.8 Å². The second-order valence-electron chi connectivity index (χ2n) is 12.6. The molecule has 5 heterocycles. The van der Waals surface area contributed by atoms with Crippen molar-refractivity contribution < 1.29 is 24.2 Å². The lowest BCUT2D eigenvalue weighted by molar-refractivity contribution is -0.156. The standard InChI is InChI=1S/C34H38N6O5/c1-3-17-37-18-9-15-33(2)27(30(37)42)28-31(43)40(24(21-41)20-23-11-5-4-6-12-23)29-32(44)38(19-10-16-34(28,29)45-33)22-39-26-14-8-7-13-25(26)35-36-39/h4-16,24,27-29,41H,3,17-22H2,1-2H3/t24-,27+,28+,29?,33-,34+/m1/s1. The molecular formula is C34H38N6O5. The fourth-order valence-corrected chi connectivity index (χ4v) is 7.87. The molecule has 4 aliphatic heterocycles. The number of aliphatic hydroxyl groups excluding tert-OH is 1. The Labute approximate surface area is 261 Å². The van der Waals surface area contributed by atoms with E-state index in [9.17, 15) is 19.5 Å². The van der Waals surface area contributed by atoms with Crippen molar-refractivity contribution in [1.29, 1.82) is 0 Å². The van der Waals surface area contributed by atoms with Crippen LogP contribution in [0.4, 0.5) is 0 Å². The van der Waals surface area contributed by atoms with Crippen molar-refractivity contribution in [2.24, 2.45) is 11.8 Å². The summed E-state index contributed by atoms with van der Waals surface area (Å²) in [7, 11) is 0. The van der Waals surface area contributed by atoms with Gasteiger partial charge in [0.25, 0.3) is 5.91 Å². The molecule has 2 aromatic carbocycles. The van der Waals surface area contributed by atoms with Crippen molar-refractivity contribution in [2.75, 3.05) is 26.2 Å². The van der Waals surface area contributed by atoms with Crippen LogP contribution in [0.1, 0.15) is 25.8 Å². The molecule has 0 saturated carbocycles. The Morgan fingerprint density at radius 2 is 1.67 bits per heavy atom. The lowest BCUT2D eigenvalue weighted by atomic mass is 9.74. The van der Waals surface area contributed by atoms with Gasteiger partial charge < -0.3 is 24.5 Å². The van der Waals surface area contributed by atoms with E-state index in [2.05, 4.69) is 10.3 Å². The van der Waals surface area contributed by atoms with Crippen molar-refractivity contribution in [3.8, 4) is 0 Å². The lowest BCUT2D eigenvalue weighted by Crippen LogP contribution is -2.59. The molecule has 0 radical (unpaired) electrons. The number of hydrogen-bond donors (Lipinski definition) is 1. The van der Waals surface area contributed by atoms with E-state index in [0.717, 1.165) is 17.5 Å². The van der Waals surface area contributed by atoms with Crippen LogP contribution in [-0.2, 0) is 32.2 Å². The molecule has 4 aliphatic rings. The Balaban J connectivity index is 1.33. The van der Waals surface area contributed by atoms with Gasteiger partial charge in [-0.1, -0.05) is 78.9 Å². The smallest absolute Gasteiger partial charge is 0.250 e. The summed E-state index contributed by atoms with van der Waals surface area (Å²) in [5.41, 5.74) is -0.0959. The van der Waals surface area contributed by atoms with Crippen LogP contribution in [0.5, 0.6) is 0 Å². The number of ether oxygens (including phenoxy) is 1. The number of rotatable bonds is 8. The number of benzene rings is 2. The Morgan fingerprint density at radius 3 is 2.44 bits per heavy atom. The molecule has 1 spiro atoms. The highest BCUT2D eigenvalue weighted by Gasteiger charge is 2.75. The average Bonchev–Trinajstić information content (AvgIpc) is 3.58. The zero-order chi connectivity index (χ0) is 31.3. The monoisotopic (exact) mass is 610 g/mol. The maximum Gasteiger partial charge on any atom is 0.250 e. The third-order valence-corrected chi connectivity index (χ3v) is 9.80. The molecule has 2 fully saturated rings. The quantitative estimate of drug-likeness (QED) is 0.388. The molecule has 1 unspecified atom stereocenters. The Kier molecular flexibility index (Phi) is 7.32. The summed E-state index contributed by atoms with van der Waals surface area (Å²) >= 11 is 0. The predicted octanol–water partition coefficient (Wildman–Crippen LogP) is 2.17. The minimum absolute atomic E-state index is 0.106. The van der Waals surface area contributed by atoms with Gasteiger partial charge in [0, 0.05) is 19.6 Å². The number of aromatic nitrogens is 3. The predicted molar refractivity (Wildman–Crippen MR) is 165 cm³/mol. The maximum atomic E-state index is 14.8. The van der Waals surface area contributed by atoms with E-state index < -0.39 is 35.1 Å². The minimum atomic E-state index is -1.41. The van der Waals surface area contributed by atoms with Crippen LogP contribution in [0.3, 0.4) is 0 Å². The molecule has 45 heavy (non-hydrogen) atoms. The van der Waals surface area contributed by atoms with Crippen molar-refractivity contribution in [2.45, 2.75) is 56.6 Å². The lowest BCUT2D eigenvalue weighted by Gasteiger charge is -2.40. The van der Waals surface area contributed by atoms with E-state index in [1.807, 2.05) is 92.7 Å². The van der Waals surface area contributed by atoms with Gasteiger partial charge in [0.15, 0.2) is 0 Å². The van der Waals surface area contributed by atoms with Gasteiger partial charge in [-0.3, -0.25) is 14.4 Å². The van der Waals surface area contributed by atoms with Crippen LogP contribution in [0.15, 0.2) is 78.9 Å². The van der Waals surface area contributed by atoms with E-state index in [0.29, 0.717) is 25.0 Å². The van der Waals surface area contributed by atoms with Crippen LogP contribution in [0.25, 0.3) is 11.0 Å². The van der Waals surface area contributed by atoms with Gasteiger partial charge in [0.2, 0.25) is 11.8 Å². The van der Waals surface area contributed by atoms with Crippen LogP contribution < -0.4 is 0 Å². The number of aliphatic hydroxyl groups is 1. The molecule has 11 heteroatoms.